The first-order chi connectivity index (χ1) is 16.2. The fourth-order valence-corrected chi connectivity index (χ4v) is 4.70. The van der Waals surface area contributed by atoms with Crippen molar-refractivity contribution in [3.05, 3.63) is 108 Å². The molecule has 2 aromatic carbocycles. The number of hydrogen-bond acceptors (Lipinski definition) is 2. The average Bonchev–Trinajstić information content (AvgIpc) is 3.37. The Hall–Kier alpha value is -4.18. The van der Waals surface area contributed by atoms with Gasteiger partial charge in [-0.2, -0.15) is 0 Å². The largest absolute Gasteiger partial charge is 0.342 e. The van der Waals surface area contributed by atoms with Gasteiger partial charge >= 0.3 is 0 Å². The highest BCUT2D eigenvalue weighted by Gasteiger charge is 2.12. The highest BCUT2D eigenvalue weighted by Crippen LogP contribution is 2.28. The summed E-state index contributed by atoms with van der Waals surface area (Å²) in [4.78, 5) is 9.97. The lowest BCUT2D eigenvalue weighted by Gasteiger charge is -2.08. The first-order valence-corrected chi connectivity index (χ1v) is 11.2. The SMILES string of the molecule is Cn1c(-c2cccc(Cc3cccc(-c4cc5ccccc5n4C)n3)n2)cc2ccccc21. The number of benzene rings is 2. The second-order valence-electron chi connectivity index (χ2n) is 8.50. The lowest BCUT2D eigenvalue weighted by molar-refractivity contribution is 0.950. The second-order valence-corrected chi connectivity index (χ2v) is 8.50. The number of hydrogen-bond donors (Lipinski definition) is 0. The zero-order valence-electron chi connectivity index (χ0n) is 18.7. The van der Waals surface area contributed by atoms with Crippen molar-refractivity contribution in [1.29, 1.82) is 0 Å². The van der Waals surface area contributed by atoms with Crippen molar-refractivity contribution in [2.75, 3.05) is 0 Å². The van der Waals surface area contributed by atoms with Gasteiger partial charge in [-0.25, -0.2) is 0 Å². The van der Waals surface area contributed by atoms with E-state index in [1.807, 2.05) is 0 Å². The minimum atomic E-state index is 0.690. The van der Waals surface area contributed by atoms with Crippen LogP contribution in [0.15, 0.2) is 97.1 Å². The molecule has 0 spiro atoms. The molecule has 0 fully saturated rings. The van der Waals surface area contributed by atoms with Crippen LogP contribution in [0.25, 0.3) is 44.6 Å². The first kappa shape index (κ1) is 19.5. The van der Waals surface area contributed by atoms with Gasteiger partial charge in [-0.05, 0) is 48.5 Å². The molecule has 6 aromatic rings. The van der Waals surface area contributed by atoms with Gasteiger partial charge in [0.1, 0.15) is 0 Å². The van der Waals surface area contributed by atoms with E-state index in [1.54, 1.807) is 0 Å². The normalized spacial score (nSPS) is 11.5. The van der Waals surface area contributed by atoms with Crippen molar-refractivity contribution in [1.82, 2.24) is 19.1 Å². The Morgan fingerprint density at radius 2 is 1.00 bits per heavy atom. The minimum Gasteiger partial charge on any atom is -0.342 e. The van der Waals surface area contributed by atoms with Crippen LogP contribution in [0, 0.1) is 0 Å². The van der Waals surface area contributed by atoms with Gasteiger partial charge in [0.05, 0.1) is 22.8 Å². The lowest BCUT2D eigenvalue weighted by atomic mass is 10.1. The molecule has 33 heavy (non-hydrogen) atoms. The number of fused-ring (bicyclic) bond motifs is 2. The van der Waals surface area contributed by atoms with Gasteiger partial charge in [-0.15, -0.1) is 0 Å². The predicted molar refractivity (Wildman–Crippen MR) is 135 cm³/mol. The fraction of sp³-hybridized carbons (Fsp3) is 0.103. The van der Waals surface area contributed by atoms with Crippen molar-refractivity contribution in [2.45, 2.75) is 6.42 Å². The summed E-state index contributed by atoms with van der Waals surface area (Å²) in [6.45, 7) is 0. The van der Waals surface area contributed by atoms with Crippen LogP contribution in [-0.4, -0.2) is 19.1 Å². The maximum absolute atomic E-state index is 4.98. The highest BCUT2D eigenvalue weighted by molar-refractivity contribution is 5.87. The van der Waals surface area contributed by atoms with Crippen molar-refractivity contribution >= 4 is 21.8 Å². The van der Waals surface area contributed by atoms with Crippen LogP contribution in [0.3, 0.4) is 0 Å². The molecule has 6 rings (SSSR count). The summed E-state index contributed by atoms with van der Waals surface area (Å²) >= 11 is 0. The number of para-hydroxylation sites is 2. The molecule has 0 radical (unpaired) electrons. The second kappa shape index (κ2) is 7.75. The van der Waals surface area contributed by atoms with E-state index in [4.69, 9.17) is 9.97 Å². The van der Waals surface area contributed by atoms with Gasteiger partial charge in [0.2, 0.25) is 0 Å². The summed E-state index contributed by atoms with van der Waals surface area (Å²) in [5.74, 6) is 0. The zero-order valence-corrected chi connectivity index (χ0v) is 18.7. The van der Waals surface area contributed by atoms with Gasteiger partial charge in [0.15, 0.2) is 0 Å². The Morgan fingerprint density at radius 3 is 1.45 bits per heavy atom. The van der Waals surface area contributed by atoms with Gasteiger partial charge in [-0.3, -0.25) is 9.97 Å². The van der Waals surface area contributed by atoms with Gasteiger partial charge in [0, 0.05) is 53.7 Å². The first-order valence-electron chi connectivity index (χ1n) is 11.2. The third kappa shape index (κ3) is 3.40. The third-order valence-electron chi connectivity index (χ3n) is 6.40. The lowest BCUT2D eigenvalue weighted by Crippen LogP contribution is -2.00. The van der Waals surface area contributed by atoms with Crippen LogP contribution in [0.2, 0.25) is 0 Å². The quantitative estimate of drug-likeness (QED) is 0.326. The monoisotopic (exact) mass is 428 g/mol. The molecule has 4 nitrogen and oxygen atoms in total. The number of pyridine rings is 2. The van der Waals surface area contributed by atoms with Crippen molar-refractivity contribution in [3.8, 4) is 22.8 Å². The molecule has 0 aliphatic rings. The van der Waals surface area contributed by atoms with E-state index in [1.165, 1.54) is 21.8 Å². The number of aromatic nitrogens is 4. The van der Waals surface area contributed by atoms with Crippen LogP contribution in [0.5, 0.6) is 0 Å². The van der Waals surface area contributed by atoms with Gasteiger partial charge in [-0.1, -0.05) is 48.5 Å². The highest BCUT2D eigenvalue weighted by atomic mass is 15.0. The summed E-state index contributed by atoms with van der Waals surface area (Å²) in [6.07, 6.45) is 0.690. The molecule has 0 aliphatic carbocycles. The average molecular weight is 429 g/mol. The molecule has 4 heteroatoms. The smallest absolute Gasteiger partial charge is 0.0870 e. The molecule has 0 aliphatic heterocycles. The van der Waals surface area contributed by atoms with E-state index in [2.05, 4.69) is 120 Å². The molecule has 0 saturated heterocycles. The van der Waals surface area contributed by atoms with Gasteiger partial charge in [0.25, 0.3) is 0 Å². The topological polar surface area (TPSA) is 35.6 Å². The van der Waals surface area contributed by atoms with Crippen LogP contribution in [0.1, 0.15) is 11.4 Å². The molecule has 4 aromatic heterocycles. The predicted octanol–water partition coefficient (Wildman–Crippen LogP) is 6.38. The summed E-state index contributed by atoms with van der Waals surface area (Å²) in [6, 6.07) is 33.8. The van der Waals surface area contributed by atoms with Crippen LogP contribution >= 0.6 is 0 Å². The molecule has 4 heterocycles. The molecule has 0 unspecified atom stereocenters. The Labute approximate surface area is 192 Å². The maximum atomic E-state index is 4.98. The third-order valence-corrected chi connectivity index (χ3v) is 6.40. The molecule has 0 amide bonds. The van der Waals surface area contributed by atoms with E-state index in [0.29, 0.717) is 6.42 Å². The summed E-state index contributed by atoms with van der Waals surface area (Å²) in [5.41, 5.74) is 8.66. The molecular weight excluding hydrogens is 404 g/mol. The fourth-order valence-electron chi connectivity index (χ4n) is 4.70. The summed E-state index contributed by atoms with van der Waals surface area (Å²) in [5, 5.41) is 2.46. The Kier molecular flexibility index (Phi) is 4.58. The molecule has 0 bridgehead atoms. The van der Waals surface area contributed by atoms with Gasteiger partial charge < -0.3 is 9.13 Å². The molecule has 0 atom stereocenters. The van der Waals surface area contributed by atoms with E-state index in [9.17, 15) is 0 Å². The van der Waals surface area contributed by atoms with Crippen molar-refractivity contribution < 1.29 is 0 Å². The Balaban J connectivity index is 1.34. The Bertz CT molecular complexity index is 1500. The van der Waals surface area contributed by atoms with Crippen molar-refractivity contribution in [2.24, 2.45) is 14.1 Å². The van der Waals surface area contributed by atoms with Crippen LogP contribution in [-0.2, 0) is 20.5 Å². The molecule has 160 valence electrons. The molecule has 0 saturated carbocycles. The number of nitrogens with zero attached hydrogens (tertiary/aromatic N) is 4. The zero-order chi connectivity index (χ0) is 22.4. The number of rotatable bonds is 4. The van der Waals surface area contributed by atoms with E-state index in [-0.39, 0.29) is 0 Å². The summed E-state index contributed by atoms with van der Waals surface area (Å²) in [7, 11) is 4.20. The minimum absolute atomic E-state index is 0.690. The van der Waals surface area contributed by atoms with E-state index in [0.717, 1.165) is 34.2 Å². The molecular formula is C29H24N4. The molecule has 0 N–H and O–H groups in total. The van der Waals surface area contributed by atoms with E-state index >= 15 is 0 Å². The van der Waals surface area contributed by atoms with Crippen LogP contribution in [0.4, 0.5) is 0 Å². The standard InChI is InChI=1S/C29H24N4/c1-32-26-15-5-3-9-20(26)17-28(32)24-13-7-11-22(30-24)19-23-12-8-14-25(31-23)29-18-21-10-4-6-16-27(21)33(29)2/h3-18H,19H2,1-2H3. The van der Waals surface area contributed by atoms with E-state index < -0.39 is 0 Å². The maximum Gasteiger partial charge on any atom is 0.0870 e. The van der Waals surface area contributed by atoms with Crippen LogP contribution < -0.4 is 0 Å². The van der Waals surface area contributed by atoms with Crippen molar-refractivity contribution in [3.63, 3.8) is 0 Å². The Morgan fingerprint density at radius 1 is 0.545 bits per heavy atom. The summed E-state index contributed by atoms with van der Waals surface area (Å²) < 4.78 is 4.42. The number of aryl methyl sites for hydroxylation is 2.